The van der Waals surface area contributed by atoms with E-state index in [4.69, 9.17) is 0 Å². The van der Waals surface area contributed by atoms with E-state index in [1.165, 1.54) is 6.42 Å². The van der Waals surface area contributed by atoms with Crippen LogP contribution in [0.4, 0.5) is 0 Å². The number of likely N-dealkylation sites (tertiary alicyclic amines) is 1. The third-order valence-electron chi connectivity index (χ3n) is 5.18. The van der Waals surface area contributed by atoms with Crippen molar-refractivity contribution in [1.29, 1.82) is 0 Å². The molecule has 3 heterocycles. The largest absolute Gasteiger partial charge is 0.333 e. The molecule has 4 rings (SSSR count). The van der Waals surface area contributed by atoms with Crippen LogP contribution >= 0.6 is 11.3 Å². The summed E-state index contributed by atoms with van der Waals surface area (Å²) in [5, 5.41) is 5.74. The molecule has 25 heavy (non-hydrogen) atoms. The molecule has 0 saturated carbocycles. The number of carbonyl (C=O) groups is 1. The van der Waals surface area contributed by atoms with Gasteiger partial charge in [0.2, 0.25) is 0 Å². The lowest BCUT2D eigenvalue weighted by atomic mass is 9.97. The molecule has 0 N–H and O–H groups in total. The van der Waals surface area contributed by atoms with Gasteiger partial charge in [-0.1, -0.05) is 18.2 Å². The van der Waals surface area contributed by atoms with Crippen molar-refractivity contribution in [2.45, 2.75) is 52.1 Å². The van der Waals surface area contributed by atoms with Crippen molar-refractivity contribution in [2.75, 3.05) is 0 Å². The van der Waals surface area contributed by atoms with Gasteiger partial charge in [0.15, 0.2) is 0 Å². The molecule has 0 radical (unpaired) electrons. The topological polar surface area (TPSA) is 38.1 Å². The Hall–Kier alpha value is -2.14. The number of rotatable bonds is 2. The summed E-state index contributed by atoms with van der Waals surface area (Å²) in [5.74, 6) is 0.167. The maximum absolute atomic E-state index is 13.2. The van der Waals surface area contributed by atoms with E-state index in [9.17, 15) is 4.79 Å². The lowest BCUT2D eigenvalue weighted by molar-refractivity contribution is 0.0516. The molecule has 0 spiro atoms. The predicted molar refractivity (Wildman–Crippen MR) is 103 cm³/mol. The zero-order valence-electron chi connectivity index (χ0n) is 14.9. The normalized spacial score (nSPS) is 21.0. The molecule has 0 bridgehead atoms. The van der Waals surface area contributed by atoms with Crippen molar-refractivity contribution in [3.8, 4) is 5.69 Å². The second-order valence-electron chi connectivity index (χ2n) is 7.00. The molecule has 1 amide bonds. The van der Waals surface area contributed by atoms with E-state index in [1.807, 2.05) is 48.0 Å². The zero-order valence-corrected chi connectivity index (χ0v) is 15.7. The summed E-state index contributed by atoms with van der Waals surface area (Å²) in [6.07, 6.45) is 3.40. The van der Waals surface area contributed by atoms with Crippen molar-refractivity contribution >= 4 is 27.5 Å². The number of benzene rings is 1. The first-order valence-corrected chi connectivity index (χ1v) is 9.75. The third-order valence-corrected chi connectivity index (χ3v) is 6.28. The Morgan fingerprint density at radius 1 is 1.16 bits per heavy atom. The summed E-state index contributed by atoms with van der Waals surface area (Å²) in [6.45, 7) is 6.34. The van der Waals surface area contributed by atoms with E-state index in [0.29, 0.717) is 12.1 Å². The second-order valence-corrected chi connectivity index (χ2v) is 8.03. The van der Waals surface area contributed by atoms with E-state index in [1.54, 1.807) is 11.3 Å². The average molecular weight is 353 g/mol. The van der Waals surface area contributed by atoms with Crippen LogP contribution in [0.5, 0.6) is 0 Å². The number of hydrogen-bond acceptors (Lipinski definition) is 3. The molecule has 2 atom stereocenters. The predicted octanol–water partition coefficient (Wildman–Crippen LogP) is 4.80. The summed E-state index contributed by atoms with van der Waals surface area (Å²) in [7, 11) is 0. The van der Waals surface area contributed by atoms with E-state index >= 15 is 0 Å². The van der Waals surface area contributed by atoms with Crippen LogP contribution in [0.1, 0.15) is 48.5 Å². The van der Waals surface area contributed by atoms with Crippen molar-refractivity contribution in [1.82, 2.24) is 14.7 Å². The highest BCUT2D eigenvalue weighted by Crippen LogP contribution is 2.33. The number of carbonyl (C=O) groups excluding carboxylic acids is 1. The van der Waals surface area contributed by atoms with Crippen LogP contribution in [0.15, 0.2) is 36.4 Å². The molecule has 1 aliphatic rings. The Bertz CT molecular complexity index is 902. The van der Waals surface area contributed by atoms with Gasteiger partial charge >= 0.3 is 0 Å². The van der Waals surface area contributed by atoms with Crippen LogP contribution in [0, 0.1) is 6.92 Å². The summed E-state index contributed by atoms with van der Waals surface area (Å²) in [5.41, 5.74) is 2.00. The van der Waals surface area contributed by atoms with Gasteiger partial charge in [-0.05, 0) is 58.2 Å². The Morgan fingerprint density at radius 3 is 2.52 bits per heavy atom. The second kappa shape index (κ2) is 6.30. The number of para-hydroxylation sites is 1. The first-order valence-electron chi connectivity index (χ1n) is 8.93. The quantitative estimate of drug-likeness (QED) is 0.664. The lowest BCUT2D eigenvalue weighted by Crippen LogP contribution is -2.47. The van der Waals surface area contributed by atoms with Crippen LogP contribution in [0.2, 0.25) is 0 Å². The van der Waals surface area contributed by atoms with Gasteiger partial charge < -0.3 is 4.90 Å². The Kier molecular flexibility index (Phi) is 4.12. The number of aromatic nitrogens is 2. The van der Waals surface area contributed by atoms with Crippen molar-refractivity contribution < 1.29 is 4.79 Å². The monoisotopic (exact) mass is 353 g/mol. The Morgan fingerprint density at radius 2 is 1.84 bits per heavy atom. The highest BCUT2D eigenvalue weighted by Gasteiger charge is 2.31. The maximum atomic E-state index is 13.2. The third kappa shape index (κ3) is 2.76. The van der Waals surface area contributed by atoms with Crippen LogP contribution in [-0.2, 0) is 0 Å². The van der Waals surface area contributed by atoms with Crippen molar-refractivity contribution in [3.05, 3.63) is 47.0 Å². The molecule has 3 aromatic rings. The van der Waals surface area contributed by atoms with Gasteiger partial charge in [-0.2, -0.15) is 5.10 Å². The summed E-state index contributed by atoms with van der Waals surface area (Å²) < 4.78 is 1.95. The average Bonchev–Trinajstić information content (AvgIpc) is 3.16. The zero-order chi connectivity index (χ0) is 17.6. The van der Waals surface area contributed by atoms with E-state index in [-0.39, 0.29) is 5.91 Å². The molecule has 0 aliphatic carbocycles. The van der Waals surface area contributed by atoms with Gasteiger partial charge in [-0.15, -0.1) is 11.3 Å². The molecule has 1 aromatic carbocycles. The number of amides is 1. The van der Waals surface area contributed by atoms with Crippen molar-refractivity contribution in [3.63, 3.8) is 0 Å². The number of hydrogen-bond donors (Lipinski definition) is 0. The summed E-state index contributed by atoms with van der Waals surface area (Å²) >= 11 is 1.55. The molecule has 1 fully saturated rings. The molecule has 5 heteroatoms. The van der Waals surface area contributed by atoms with Gasteiger partial charge in [-0.3, -0.25) is 4.79 Å². The van der Waals surface area contributed by atoms with Gasteiger partial charge in [0, 0.05) is 17.5 Å². The molecule has 130 valence electrons. The van der Waals surface area contributed by atoms with Crippen LogP contribution in [-0.4, -0.2) is 32.7 Å². The number of thiophene rings is 1. The van der Waals surface area contributed by atoms with Gasteiger partial charge in [0.1, 0.15) is 4.83 Å². The van der Waals surface area contributed by atoms with Crippen LogP contribution in [0.3, 0.4) is 0 Å². The summed E-state index contributed by atoms with van der Waals surface area (Å²) in [6, 6.07) is 12.8. The van der Waals surface area contributed by atoms with E-state index in [2.05, 4.69) is 23.8 Å². The highest BCUT2D eigenvalue weighted by molar-refractivity contribution is 7.20. The fraction of sp³-hybridized carbons (Fsp3) is 0.400. The molecule has 1 aliphatic heterocycles. The van der Waals surface area contributed by atoms with Gasteiger partial charge in [0.05, 0.1) is 16.3 Å². The minimum atomic E-state index is 0.167. The molecule has 1 saturated heterocycles. The maximum Gasteiger partial charge on any atom is 0.264 e. The first kappa shape index (κ1) is 16.3. The minimum Gasteiger partial charge on any atom is -0.333 e. The van der Waals surface area contributed by atoms with Crippen LogP contribution < -0.4 is 0 Å². The molecule has 2 aromatic heterocycles. The Balaban J connectivity index is 1.76. The van der Waals surface area contributed by atoms with Crippen LogP contribution in [0.25, 0.3) is 15.9 Å². The summed E-state index contributed by atoms with van der Waals surface area (Å²) in [4.78, 5) is 17.1. The van der Waals surface area contributed by atoms with Gasteiger partial charge in [0.25, 0.3) is 5.91 Å². The number of aryl methyl sites for hydroxylation is 1. The standard InChI is InChI=1S/C20H23N3OS/c1-13-8-7-9-14(2)22(13)19(24)18-12-17-15(3)21-23(20(17)25-18)16-10-5-4-6-11-16/h4-6,10-14H,7-9H2,1-3H3/t13-,14-/m0/s1. The van der Waals surface area contributed by atoms with E-state index in [0.717, 1.165) is 39.3 Å². The van der Waals surface area contributed by atoms with E-state index < -0.39 is 0 Å². The lowest BCUT2D eigenvalue weighted by Gasteiger charge is -2.38. The molecular formula is C20H23N3OS. The SMILES string of the molecule is Cc1nn(-c2ccccc2)c2sc(C(=O)N3[C@@H](C)CCC[C@@H]3C)cc12. The minimum absolute atomic E-state index is 0.167. The fourth-order valence-electron chi connectivity index (χ4n) is 3.85. The molecular weight excluding hydrogens is 330 g/mol. The first-order chi connectivity index (χ1) is 12.1. The highest BCUT2D eigenvalue weighted by atomic mass is 32.1. The number of fused-ring (bicyclic) bond motifs is 1. The number of nitrogens with zero attached hydrogens (tertiary/aromatic N) is 3. The van der Waals surface area contributed by atoms with Crippen molar-refractivity contribution in [2.24, 2.45) is 0 Å². The van der Waals surface area contributed by atoms with Gasteiger partial charge in [-0.25, -0.2) is 4.68 Å². The molecule has 4 nitrogen and oxygen atoms in total. The fourth-order valence-corrected chi connectivity index (χ4v) is 4.97. The molecule has 0 unspecified atom stereocenters. The smallest absolute Gasteiger partial charge is 0.264 e. The Labute approximate surface area is 152 Å². The number of piperidine rings is 1.